The summed E-state index contributed by atoms with van der Waals surface area (Å²) in [6.07, 6.45) is -1.50. The third-order valence-corrected chi connectivity index (χ3v) is 3.19. The molecule has 0 saturated carbocycles. The summed E-state index contributed by atoms with van der Waals surface area (Å²) >= 11 is 0. The predicted octanol–water partition coefficient (Wildman–Crippen LogP) is 2.10. The van der Waals surface area contributed by atoms with Gasteiger partial charge in [-0.15, -0.1) is 0 Å². The van der Waals surface area contributed by atoms with Crippen molar-refractivity contribution in [2.24, 2.45) is 0 Å². The second-order valence-corrected chi connectivity index (χ2v) is 5.27. The number of esters is 1. The normalized spacial score (nSPS) is 12.2. The molecule has 0 aliphatic rings. The number of carbonyl (C=O) groups is 1. The summed E-state index contributed by atoms with van der Waals surface area (Å²) < 4.78 is 59.1. The molecule has 19 heavy (non-hydrogen) atoms. The van der Waals surface area contributed by atoms with E-state index in [1.54, 1.807) is 18.2 Å². The molecule has 0 fully saturated rings. The fourth-order valence-electron chi connectivity index (χ4n) is 1.23. The summed E-state index contributed by atoms with van der Waals surface area (Å²) in [7, 11) is -5.43. The molecular formula is C11H12F2O5S. The van der Waals surface area contributed by atoms with Crippen LogP contribution in [0.1, 0.15) is 23.2 Å². The highest BCUT2D eigenvalue weighted by molar-refractivity contribution is 7.86. The Morgan fingerprint density at radius 3 is 2.37 bits per heavy atom. The van der Waals surface area contributed by atoms with Gasteiger partial charge >= 0.3 is 21.3 Å². The molecule has 106 valence electrons. The van der Waals surface area contributed by atoms with Crippen molar-refractivity contribution in [2.45, 2.75) is 18.1 Å². The smallest absolute Gasteiger partial charge is 0.370 e. The van der Waals surface area contributed by atoms with Crippen molar-refractivity contribution in [1.29, 1.82) is 0 Å². The Balaban J connectivity index is 2.38. The van der Waals surface area contributed by atoms with Gasteiger partial charge in [-0.3, -0.25) is 4.55 Å². The Morgan fingerprint density at radius 1 is 1.26 bits per heavy atom. The van der Waals surface area contributed by atoms with Crippen LogP contribution < -0.4 is 0 Å². The summed E-state index contributed by atoms with van der Waals surface area (Å²) in [5.74, 6) is -0.684. The Kier molecular flexibility index (Phi) is 4.96. The Bertz CT molecular complexity index is 527. The van der Waals surface area contributed by atoms with Crippen molar-refractivity contribution >= 4 is 16.1 Å². The van der Waals surface area contributed by atoms with Crippen LogP contribution in [0.2, 0.25) is 0 Å². The van der Waals surface area contributed by atoms with Crippen LogP contribution in [0.3, 0.4) is 0 Å². The molecule has 0 aliphatic carbocycles. The Hall–Kier alpha value is -1.54. The Morgan fingerprint density at radius 2 is 1.84 bits per heavy atom. The number of ether oxygens (including phenoxy) is 1. The number of hydrogen-bond donors (Lipinski definition) is 1. The molecule has 0 radical (unpaired) electrons. The first kappa shape index (κ1) is 15.5. The van der Waals surface area contributed by atoms with E-state index in [2.05, 4.69) is 4.74 Å². The summed E-state index contributed by atoms with van der Waals surface area (Å²) in [6.45, 7) is -0.362. The second-order valence-electron chi connectivity index (χ2n) is 3.72. The highest BCUT2D eigenvalue weighted by Gasteiger charge is 2.43. The van der Waals surface area contributed by atoms with E-state index in [9.17, 15) is 22.0 Å². The van der Waals surface area contributed by atoms with Gasteiger partial charge in [0.25, 0.3) is 0 Å². The predicted molar refractivity (Wildman–Crippen MR) is 62.5 cm³/mol. The lowest BCUT2D eigenvalue weighted by Gasteiger charge is -2.12. The molecule has 1 rings (SSSR count). The van der Waals surface area contributed by atoms with Crippen LogP contribution in [0, 0.1) is 0 Å². The molecule has 0 aliphatic heterocycles. The maximum absolute atomic E-state index is 12.8. The minimum Gasteiger partial charge on any atom is -0.462 e. The van der Waals surface area contributed by atoms with E-state index in [0.717, 1.165) is 0 Å². The first-order valence-electron chi connectivity index (χ1n) is 5.31. The van der Waals surface area contributed by atoms with Crippen LogP contribution in [0.25, 0.3) is 0 Å². The molecule has 0 saturated heterocycles. The van der Waals surface area contributed by atoms with Crippen LogP contribution in [0.15, 0.2) is 30.3 Å². The lowest BCUT2D eigenvalue weighted by atomic mass is 10.2. The maximum atomic E-state index is 12.8. The molecule has 0 aromatic heterocycles. The molecule has 8 heteroatoms. The fourth-order valence-corrected chi connectivity index (χ4v) is 1.63. The Labute approximate surface area is 108 Å². The molecule has 0 amide bonds. The van der Waals surface area contributed by atoms with E-state index in [1.165, 1.54) is 12.1 Å². The number of rotatable bonds is 6. The highest BCUT2D eigenvalue weighted by Crippen LogP contribution is 2.26. The minimum absolute atomic E-state index is 0.268. The van der Waals surface area contributed by atoms with Crippen LogP contribution in [-0.2, 0) is 14.9 Å². The number of carbonyl (C=O) groups excluding carboxylic acids is 1. The van der Waals surface area contributed by atoms with Gasteiger partial charge in [0, 0.05) is 6.42 Å². The first-order chi connectivity index (χ1) is 8.74. The molecule has 0 bridgehead atoms. The van der Waals surface area contributed by atoms with E-state index < -0.39 is 27.8 Å². The van der Waals surface area contributed by atoms with Crippen LogP contribution >= 0.6 is 0 Å². The van der Waals surface area contributed by atoms with Crippen molar-refractivity contribution in [1.82, 2.24) is 0 Å². The highest BCUT2D eigenvalue weighted by atomic mass is 32.2. The zero-order valence-electron chi connectivity index (χ0n) is 9.75. The zero-order chi connectivity index (χ0) is 14.5. The quantitative estimate of drug-likeness (QED) is 0.493. The van der Waals surface area contributed by atoms with E-state index in [-0.39, 0.29) is 18.6 Å². The van der Waals surface area contributed by atoms with E-state index in [1.807, 2.05) is 0 Å². The van der Waals surface area contributed by atoms with Crippen LogP contribution in [0.4, 0.5) is 8.78 Å². The zero-order valence-corrected chi connectivity index (χ0v) is 10.6. The van der Waals surface area contributed by atoms with Crippen LogP contribution in [-0.4, -0.2) is 30.8 Å². The number of alkyl halides is 2. The van der Waals surface area contributed by atoms with Crippen molar-refractivity contribution in [3.63, 3.8) is 0 Å². The fraction of sp³-hybridized carbons (Fsp3) is 0.364. The van der Waals surface area contributed by atoms with Gasteiger partial charge in [-0.1, -0.05) is 18.2 Å². The lowest BCUT2D eigenvalue weighted by molar-refractivity contribution is 0.0390. The number of benzene rings is 1. The lowest BCUT2D eigenvalue weighted by Crippen LogP contribution is -2.28. The third-order valence-electron chi connectivity index (χ3n) is 2.23. The number of hydrogen-bond acceptors (Lipinski definition) is 4. The largest absolute Gasteiger partial charge is 0.462 e. The summed E-state index contributed by atoms with van der Waals surface area (Å²) in [6, 6.07) is 7.92. The number of halogens is 2. The van der Waals surface area contributed by atoms with Crippen molar-refractivity contribution in [3.8, 4) is 0 Å². The standard InChI is InChI=1S/C11H12F2O5S/c12-11(13,19(15,16)17)7-4-8-18-10(14)9-5-2-1-3-6-9/h1-3,5-6H,4,7-8H2,(H,15,16,17). The molecule has 0 spiro atoms. The first-order valence-corrected chi connectivity index (χ1v) is 6.75. The van der Waals surface area contributed by atoms with E-state index >= 15 is 0 Å². The van der Waals surface area contributed by atoms with Gasteiger partial charge in [0.2, 0.25) is 0 Å². The van der Waals surface area contributed by atoms with Crippen molar-refractivity contribution < 1.29 is 31.3 Å². The van der Waals surface area contributed by atoms with Crippen molar-refractivity contribution in [2.75, 3.05) is 6.61 Å². The molecule has 0 heterocycles. The van der Waals surface area contributed by atoms with E-state index in [4.69, 9.17) is 4.55 Å². The summed E-state index contributed by atoms with van der Waals surface area (Å²) in [5.41, 5.74) is 0.268. The van der Waals surface area contributed by atoms with Gasteiger partial charge in [-0.25, -0.2) is 4.79 Å². The van der Waals surface area contributed by atoms with Gasteiger partial charge in [-0.2, -0.15) is 17.2 Å². The molecule has 1 N–H and O–H groups in total. The average Bonchev–Trinajstić information content (AvgIpc) is 2.34. The summed E-state index contributed by atoms with van der Waals surface area (Å²) in [5, 5.41) is -4.23. The third kappa shape index (κ3) is 4.56. The van der Waals surface area contributed by atoms with Gasteiger partial charge in [0.05, 0.1) is 12.2 Å². The van der Waals surface area contributed by atoms with Gasteiger partial charge < -0.3 is 4.74 Å². The van der Waals surface area contributed by atoms with Crippen LogP contribution in [0.5, 0.6) is 0 Å². The second kappa shape index (κ2) is 6.07. The maximum Gasteiger partial charge on any atom is 0.370 e. The van der Waals surface area contributed by atoms with Gasteiger partial charge in [-0.05, 0) is 18.6 Å². The van der Waals surface area contributed by atoms with Crippen molar-refractivity contribution in [3.05, 3.63) is 35.9 Å². The topological polar surface area (TPSA) is 80.7 Å². The summed E-state index contributed by atoms with van der Waals surface area (Å²) in [4.78, 5) is 11.4. The molecule has 1 aromatic rings. The van der Waals surface area contributed by atoms with Gasteiger partial charge in [0.15, 0.2) is 0 Å². The van der Waals surface area contributed by atoms with E-state index in [0.29, 0.717) is 0 Å². The monoisotopic (exact) mass is 294 g/mol. The molecular weight excluding hydrogens is 282 g/mol. The average molecular weight is 294 g/mol. The SMILES string of the molecule is O=C(OCCCC(F)(F)S(=O)(=O)O)c1ccccc1. The molecule has 0 unspecified atom stereocenters. The van der Waals surface area contributed by atoms with Gasteiger partial charge in [0.1, 0.15) is 0 Å². The minimum atomic E-state index is -5.43. The molecule has 1 aromatic carbocycles. The molecule has 5 nitrogen and oxygen atoms in total. The molecule has 0 atom stereocenters.